The number of carbonyl (C=O) groups excluding carboxylic acids is 2. The number of carbonyl (C=O) groups is 2. The zero-order valence-electron chi connectivity index (χ0n) is 18.1. The van der Waals surface area contributed by atoms with Gasteiger partial charge < -0.3 is 10.1 Å². The van der Waals surface area contributed by atoms with E-state index in [-0.39, 0.29) is 34.6 Å². The Morgan fingerprint density at radius 3 is 2.41 bits per heavy atom. The number of urea groups is 1. The van der Waals surface area contributed by atoms with E-state index in [1.165, 1.54) is 6.08 Å². The Morgan fingerprint density at radius 1 is 1.06 bits per heavy atom. The van der Waals surface area contributed by atoms with Crippen molar-refractivity contribution in [2.75, 3.05) is 0 Å². The maximum Gasteiger partial charge on any atom is 0.329 e. The van der Waals surface area contributed by atoms with Gasteiger partial charge in [0.25, 0.3) is 5.91 Å². The van der Waals surface area contributed by atoms with Crippen molar-refractivity contribution in [3.8, 4) is 11.8 Å². The molecule has 0 atom stereocenters. The van der Waals surface area contributed by atoms with Gasteiger partial charge in [0.1, 0.15) is 12.3 Å². The summed E-state index contributed by atoms with van der Waals surface area (Å²) in [5, 5.41) is 12.3. The number of benzene rings is 3. The zero-order chi connectivity index (χ0) is 24.2. The van der Waals surface area contributed by atoms with E-state index in [4.69, 9.17) is 27.9 Å². The smallest absolute Gasteiger partial charge is 0.329 e. The number of nitriles is 1. The molecule has 0 radical (unpaired) electrons. The lowest BCUT2D eigenvalue weighted by molar-refractivity contribution is -0.123. The molecule has 0 spiro atoms. The molecule has 4 rings (SSSR count). The fraction of sp³-hybridized carbons (Fsp3) is 0.115. The van der Waals surface area contributed by atoms with Crippen LogP contribution < -0.4 is 10.1 Å². The molecule has 0 aromatic heterocycles. The quantitative estimate of drug-likeness (QED) is 0.346. The van der Waals surface area contributed by atoms with Crippen molar-refractivity contribution in [3.05, 3.63) is 104 Å². The van der Waals surface area contributed by atoms with Crippen molar-refractivity contribution in [2.24, 2.45) is 0 Å². The van der Waals surface area contributed by atoms with Gasteiger partial charge in [-0.2, -0.15) is 5.26 Å². The van der Waals surface area contributed by atoms with Gasteiger partial charge in [-0.3, -0.25) is 9.69 Å². The van der Waals surface area contributed by atoms with Crippen LogP contribution in [-0.4, -0.2) is 16.8 Å². The van der Waals surface area contributed by atoms with Crippen LogP contribution in [0.3, 0.4) is 0 Å². The Balaban J connectivity index is 1.51. The van der Waals surface area contributed by atoms with Gasteiger partial charge in [-0.05, 0) is 42.3 Å². The minimum Gasteiger partial charge on any atom is -0.486 e. The van der Waals surface area contributed by atoms with Crippen molar-refractivity contribution in [1.29, 1.82) is 5.26 Å². The molecular weight excluding hydrogens is 473 g/mol. The summed E-state index contributed by atoms with van der Waals surface area (Å²) in [6.07, 6.45) is 1.52. The number of nitrogens with zero attached hydrogens (tertiary/aromatic N) is 2. The number of ether oxygens (including phenoxy) is 1. The molecule has 3 aromatic carbocycles. The molecule has 0 aliphatic carbocycles. The largest absolute Gasteiger partial charge is 0.486 e. The van der Waals surface area contributed by atoms with Crippen molar-refractivity contribution in [2.45, 2.75) is 20.1 Å². The van der Waals surface area contributed by atoms with E-state index < -0.39 is 11.9 Å². The highest BCUT2D eigenvalue weighted by Gasteiger charge is 2.33. The van der Waals surface area contributed by atoms with E-state index in [2.05, 4.69) is 11.4 Å². The molecule has 34 heavy (non-hydrogen) atoms. The lowest BCUT2D eigenvalue weighted by atomic mass is 10.1. The van der Waals surface area contributed by atoms with Gasteiger partial charge in [0.15, 0.2) is 5.75 Å². The topological polar surface area (TPSA) is 82.4 Å². The number of hydrogen-bond acceptors (Lipinski definition) is 4. The lowest BCUT2D eigenvalue weighted by Crippen LogP contribution is -2.30. The minimum atomic E-state index is -0.495. The third kappa shape index (κ3) is 5.07. The number of nitrogens with one attached hydrogen (secondary N) is 1. The molecule has 0 saturated carbocycles. The molecule has 3 amide bonds. The van der Waals surface area contributed by atoms with Crippen molar-refractivity contribution < 1.29 is 14.3 Å². The van der Waals surface area contributed by atoms with Gasteiger partial charge in [0, 0.05) is 5.56 Å². The number of imide groups is 1. The number of hydrogen-bond donors (Lipinski definition) is 1. The van der Waals surface area contributed by atoms with Gasteiger partial charge >= 0.3 is 6.03 Å². The number of halogens is 2. The summed E-state index contributed by atoms with van der Waals surface area (Å²) in [5.74, 6) is -0.174. The maximum absolute atomic E-state index is 12.8. The Morgan fingerprint density at radius 2 is 1.74 bits per heavy atom. The summed E-state index contributed by atoms with van der Waals surface area (Å²) in [6, 6.07) is 19.5. The number of rotatable bonds is 6. The van der Waals surface area contributed by atoms with Crippen LogP contribution >= 0.6 is 23.2 Å². The average molecular weight is 492 g/mol. The summed E-state index contributed by atoms with van der Waals surface area (Å²) in [6.45, 7) is 2.25. The molecule has 1 aliphatic rings. The van der Waals surface area contributed by atoms with E-state index in [9.17, 15) is 14.9 Å². The molecule has 1 saturated heterocycles. The molecular formula is C26H19Cl2N3O3. The summed E-state index contributed by atoms with van der Waals surface area (Å²) in [5.41, 5.74) is 3.80. The van der Waals surface area contributed by atoms with Gasteiger partial charge in [-0.1, -0.05) is 71.2 Å². The standard InChI is InChI=1S/C26H19Cl2N3O3/c1-16-6-8-17(9-7-16)14-31-25(32)23(30-26(31)33)12-18-10-21(27)24(22(28)11-18)34-15-20-5-3-2-4-19(20)13-29/h2-12H,14-15H2,1H3,(H,30,33)/b23-12+. The molecule has 1 aliphatic heterocycles. The molecule has 8 heteroatoms. The molecule has 1 fully saturated rings. The monoisotopic (exact) mass is 491 g/mol. The Hall–Kier alpha value is -3.79. The van der Waals surface area contributed by atoms with Crippen LogP contribution in [0, 0.1) is 18.3 Å². The van der Waals surface area contributed by atoms with E-state index in [0.717, 1.165) is 16.0 Å². The van der Waals surface area contributed by atoms with Crippen LogP contribution in [0.15, 0.2) is 66.4 Å². The number of amides is 3. The van der Waals surface area contributed by atoms with Gasteiger partial charge in [0.2, 0.25) is 0 Å². The highest BCUT2D eigenvalue weighted by atomic mass is 35.5. The molecule has 1 heterocycles. The second-order valence-electron chi connectivity index (χ2n) is 7.74. The third-order valence-electron chi connectivity index (χ3n) is 5.27. The van der Waals surface area contributed by atoms with Crippen LogP contribution in [0.1, 0.15) is 27.8 Å². The van der Waals surface area contributed by atoms with Crippen molar-refractivity contribution in [1.82, 2.24) is 10.2 Å². The highest BCUT2D eigenvalue weighted by Crippen LogP contribution is 2.35. The van der Waals surface area contributed by atoms with Gasteiger partial charge in [0.05, 0.1) is 28.2 Å². The van der Waals surface area contributed by atoms with E-state index in [1.54, 1.807) is 30.3 Å². The average Bonchev–Trinajstić information content (AvgIpc) is 3.07. The fourth-order valence-electron chi connectivity index (χ4n) is 3.46. The zero-order valence-corrected chi connectivity index (χ0v) is 19.7. The Bertz CT molecular complexity index is 1320. The predicted octanol–water partition coefficient (Wildman–Crippen LogP) is 5.85. The van der Waals surface area contributed by atoms with E-state index in [1.807, 2.05) is 37.3 Å². The van der Waals surface area contributed by atoms with Gasteiger partial charge in [-0.15, -0.1) is 0 Å². The number of aryl methyl sites for hydroxylation is 1. The van der Waals surface area contributed by atoms with E-state index in [0.29, 0.717) is 16.7 Å². The molecule has 6 nitrogen and oxygen atoms in total. The highest BCUT2D eigenvalue weighted by molar-refractivity contribution is 6.37. The van der Waals surface area contributed by atoms with Crippen LogP contribution in [-0.2, 0) is 17.9 Å². The summed E-state index contributed by atoms with van der Waals surface area (Å²) >= 11 is 12.8. The van der Waals surface area contributed by atoms with Crippen LogP contribution in [0.4, 0.5) is 4.79 Å². The lowest BCUT2D eigenvalue weighted by Gasteiger charge is -2.12. The minimum absolute atomic E-state index is 0.117. The first-order valence-electron chi connectivity index (χ1n) is 10.4. The second kappa shape index (κ2) is 10.0. The van der Waals surface area contributed by atoms with E-state index >= 15 is 0 Å². The molecule has 0 bridgehead atoms. The maximum atomic E-state index is 12.8. The van der Waals surface area contributed by atoms with Crippen LogP contribution in [0.25, 0.3) is 6.08 Å². The first kappa shape index (κ1) is 23.4. The van der Waals surface area contributed by atoms with Crippen molar-refractivity contribution >= 4 is 41.2 Å². The molecule has 170 valence electrons. The molecule has 3 aromatic rings. The fourth-order valence-corrected chi connectivity index (χ4v) is 4.08. The first-order valence-corrected chi connectivity index (χ1v) is 11.1. The van der Waals surface area contributed by atoms with Crippen molar-refractivity contribution in [3.63, 3.8) is 0 Å². The van der Waals surface area contributed by atoms with Crippen LogP contribution in [0.2, 0.25) is 10.0 Å². The Labute approximate surface area is 207 Å². The predicted molar refractivity (Wildman–Crippen MR) is 130 cm³/mol. The Kier molecular flexibility index (Phi) is 6.87. The molecule has 0 unspecified atom stereocenters. The first-order chi connectivity index (χ1) is 16.4. The van der Waals surface area contributed by atoms with Gasteiger partial charge in [-0.25, -0.2) is 4.79 Å². The summed E-state index contributed by atoms with van der Waals surface area (Å²) in [7, 11) is 0. The normalized spacial score (nSPS) is 14.3. The van der Waals surface area contributed by atoms with Crippen LogP contribution in [0.5, 0.6) is 5.75 Å². The summed E-state index contributed by atoms with van der Waals surface area (Å²) < 4.78 is 5.77. The second-order valence-corrected chi connectivity index (χ2v) is 8.55. The summed E-state index contributed by atoms with van der Waals surface area (Å²) in [4.78, 5) is 26.3. The third-order valence-corrected chi connectivity index (χ3v) is 5.83. The molecule has 1 N–H and O–H groups in total. The SMILES string of the molecule is Cc1ccc(CN2C(=O)N/C(=C/c3cc(Cl)c(OCc4ccccc4C#N)c(Cl)c3)C2=O)cc1.